The van der Waals surface area contributed by atoms with Gasteiger partial charge in [0, 0.05) is 13.1 Å². The third-order valence-corrected chi connectivity index (χ3v) is 5.27. The third kappa shape index (κ3) is 4.35. The Hall–Kier alpha value is -1.66. The van der Waals surface area contributed by atoms with Crippen molar-refractivity contribution in [3.63, 3.8) is 0 Å². The minimum atomic E-state index is -0.477. The fraction of sp³-hybridized carbons (Fsp3) is 0.700. The van der Waals surface area contributed by atoms with E-state index in [0.717, 1.165) is 19.3 Å². The zero-order valence-electron chi connectivity index (χ0n) is 16.1. The van der Waals surface area contributed by atoms with Crippen LogP contribution in [0.4, 0.5) is 0 Å². The number of methoxy groups -OCH3 is 1. The average Bonchev–Trinajstić information content (AvgIpc) is 3.04. The van der Waals surface area contributed by atoms with Gasteiger partial charge in [0.2, 0.25) is 5.91 Å². The van der Waals surface area contributed by atoms with Crippen molar-refractivity contribution in [3.05, 3.63) is 24.8 Å². The Morgan fingerprint density at radius 3 is 2.81 bits per heavy atom. The molecule has 1 saturated heterocycles. The zero-order chi connectivity index (χ0) is 19.1. The van der Waals surface area contributed by atoms with Gasteiger partial charge in [-0.1, -0.05) is 44.9 Å². The van der Waals surface area contributed by atoms with Gasteiger partial charge in [0.1, 0.15) is 5.92 Å². The molecule has 2 heterocycles. The Labute approximate surface area is 156 Å². The summed E-state index contributed by atoms with van der Waals surface area (Å²) in [4.78, 5) is 27.3. The molecule has 1 N–H and O–H groups in total. The summed E-state index contributed by atoms with van der Waals surface area (Å²) in [5.41, 5.74) is 0. The average molecular weight is 364 g/mol. The Morgan fingerprint density at radius 1 is 1.42 bits per heavy atom. The molecule has 1 fully saturated rings. The summed E-state index contributed by atoms with van der Waals surface area (Å²) in [5, 5.41) is 3.05. The van der Waals surface area contributed by atoms with Gasteiger partial charge in [0.05, 0.1) is 31.4 Å². The lowest BCUT2D eigenvalue weighted by atomic mass is 9.88. The molecule has 0 spiro atoms. The number of ether oxygens (including phenoxy) is 2. The van der Waals surface area contributed by atoms with Gasteiger partial charge in [-0.15, -0.1) is 6.58 Å². The summed E-state index contributed by atoms with van der Waals surface area (Å²) in [6, 6.07) is -0.518. The predicted octanol–water partition coefficient (Wildman–Crippen LogP) is 2.05. The summed E-state index contributed by atoms with van der Waals surface area (Å²) in [5.74, 6) is -0.779. The Bertz CT molecular complexity index is 534. The lowest BCUT2D eigenvalue weighted by Gasteiger charge is -2.40. The van der Waals surface area contributed by atoms with Gasteiger partial charge in [0.15, 0.2) is 0 Å². The number of rotatable bonds is 9. The van der Waals surface area contributed by atoms with Gasteiger partial charge in [0.25, 0.3) is 0 Å². The molecule has 2 aliphatic heterocycles. The number of amides is 1. The van der Waals surface area contributed by atoms with Crippen molar-refractivity contribution in [1.29, 1.82) is 0 Å². The number of fused-ring (bicyclic) bond motifs is 1. The normalized spacial score (nSPS) is 29.0. The molecule has 146 valence electrons. The number of esters is 1. The number of hydrogen-bond acceptors (Lipinski definition) is 5. The van der Waals surface area contributed by atoms with Crippen LogP contribution < -0.4 is 5.32 Å². The molecule has 0 radical (unpaired) electrons. The second-order valence-electron chi connectivity index (χ2n) is 6.89. The molecule has 26 heavy (non-hydrogen) atoms. The molecular formula is C20H32N2O4. The van der Waals surface area contributed by atoms with Crippen LogP contribution >= 0.6 is 0 Å². The summed E-state index contributed by atoms with van der Waals surface area (Å²) < 4.78 is 11.0. The van der Waals surface area contributed by atoms with Crippen molar-refractivity contribution < 1.29 is 19.1 Å². The van der Waals surface area contributed by atoms with Crippen LogP contribution in [0.15, 0.2) is 24.8 Å². The highest BCUT2D eigenvalue weighted by Gasteiger charge is 2.52. The minimum Gasteiger partial charge on any atom is -0.469 e. The molecule has 0 aromatic carbocycles. The molecule has 0 bridgehead atoms. The molecule has 1 amide bonds. The van der Waals surface area contributed by atoms with E-state index < -0.39 is 12.0 Å². The highest BCUT2D eigenvalue weighted by atomic mass is 16.5. The number of unbranched alkanes of at least 4 members (excludes halogenated alkanes) is 2. The predicted molar refractivity (Wildman–Crippen MR) is 101 cm³/mol. The number of nitrogens with zero attached hydrogens (tertiary/aromatic N) is 1. The van der Waals surface area contributed by atoms with E-state index in [0.29, 0.717) is 19.5 Å². The Kier molecular flexibility index (Phi) is 7.85. The van der Waals surface area contributed by atoms with E-state index in [9.17, 15) is 9.59 Å². The SMILES string of the molecule is C=C[C@H]1O[C@H]2C=CCN([C@H](CC)C(=O)NCCCCC)[C@H]2[C@@H]1C(=O)OC. The van der Waals surface area contributed by atoms with Crippen molar-refractivity contribution in [2.45, 2.75) is 63.8 Å². The summed E-state index contributed by atoms with van der Waals surface area (Å²) in [6.45, 7) is 9.23. The van der Waals surface area contributed by atoms with Crippen molar-refractivity contribution in [3.8, 4) is 0 Å². The van der Waals surface area contributed by atoms with Crippen LogP contribution in [0, 0.1) is 5.92 Å². The molecule has 2 rings (SSSR count). The molecular weight excluding hydrogens is 332 g/mol. The van der Waals surface area contributed by atoms with E-state index in [4.69, 9.17) is 9.47 Å². The zero-order valence-corrected chi connectivity index (χ0v) is 16.1. The smallest absolute Gasteiger partial charge is 0.313 e. The van der Waals surface area contributed by atoms with Gasteiger partial charge in [-0.2, -0.15) is 0 Å². The summed E-state index contributed by atoms with van der Waals surface area (Å²) >= 11 is 0. The van der Waals surface area contributed by atoms with Crippen LogP contribution in [0.25, 0.3) is 0 Å². The van der Waals surface area contributed by atoms with E-state index in [1.807, 2.05) is 19.1 Å². The summed E-state index contributed by atoms with van der Waals surface area (Å²) in [6.07, 6.45) is 8.87. The van der Waals surface area contributed by atoms with E-state index in [1.54, 1.807) is 6.08 Å². The number of nitrogens with one attached hydrogen (secondary N) is 1. The molecule has 5 atom stereocenters. The molecule has 0 aromatic rings. The van der Waals surface area contributed by atoms with Crippen molar-refractivity contribution in [1.82, 2.24) is 10.2 Å². The first kappa shape index (κ1) is 20.6. The maximum Gasteiger partial charge on any atom is 0.313 e. The number of carbonyl (C=O) groups is 2. The first-order chi connectivity index (χ1) is 12.6. The van der Waals surface area contributed by atoms with Gasteiger partial charge < -0.3 is 14.8 Å². The monoisotopic (exact) mass is 364 g/mol. The maximum absolute atomic E-state index is 12.8. The fourth-order valence-corrected chi connectivity index (χ4v) is 3.96. The fourth-order valence-electron chi connectivity index (χ4n) is 3.96. The molecule has 0 saturated carbocycles. The molecule has 0 aromatic heterocycles. The van der Waals surface area contributed by atoms with E-state index in [2.05, 4.69) is 23.7 Å². The van der Waals surface area contributed by atoms with Gasteiger partial charge in [-0.3, -0.25) is 14.5 Å². The van der Waals surface area contributed by atoms with E-state index in [1.165, 1.54) is 7.11 Å². The second-order valence-corrected chi connectivity index (χ2v) is 6.89. The van der Waals surface area contributed by atoms with Crippen LogP contribution in [0.2, 0.25) is 0 Å². The van der Waals surface area contributed by atoms with E-state index in [-0.39, 0.29) is 30.1 Å². The topological polar surface area (TPSA) is 67.9 Å². The van der Waals surface area contributed by atoms with Gasteiger partial charge in [-0.05, 0) is 12.8 Å². The standard InChI is InChI=1S/C20H32N2O4/c1-5-8-9-12-21-19(23)14(6-2)22-13-10-11-16-18(22)17(20(24)25-4)15(7-3)26-16/h7,10-11,14-18H,3,5-6,8-9,12-13H2,1-2,4H3,(H,21,23)/t14-,15-,16+,17-,18-/m1/s1. The number of carbonyl (C=O) groups excluding carboxylic acids is 2. The van der Waals surface area contributed by atoms with Crippen LogP contribution in [0.3, 0.4) is 0 Å². The van der Waals surface area contributed by atoms with Crippen LogP contribution in [-0.2, 0) is 19.1 Å². The summed E-state index contributed by atoms with van der Waals surface area (Å²) in [7, 11) is 1.39. The van der Waals surface area contributed by atoms with Gasteiger partial charge >= 0.3 is 5.97 Å². The lowest BCUT2D eigenvalue weighted by molar-refractivity contribution is -0.149. The van der Waals surface area contributed by atoms with Gasteiger partial charge in [-0.25, -0.2) is 0 Å². The Morgan fingerprint density at radius 2 is 2.19 bits per heavy atom. The quantitative estimate of drug-likeness (QED) is 0.385. The van der Waals surface area contributed by atoms with Crippen molar-refractivity contribution >= 4 is 11.9 Å². The van der Waals surface area contributed by atoms with Crippen LogP contribution in [-0.4, -0.2) is 61.3 Å². The highest BCUT2D eigenvalue weighted by Crippen LogP contribution is 2.36. The third-order valence-electron chi connectivity index (χ3n) is 5.27. The highest BCUT2D eigenvalue weighted by molar-refractivity contribution is 5.82. The first-order valence-corrected chi connectivity index (χ1v) is 9.64. The molecule has 0 unspecified atom stereocenters. The van der Waals surface area contributed by atoms with Crippen molar-refractivity contribution in [2.24, 2.45) is 5.92 Å². The lowest BCUT2D eigenvalue weighted by Crippen LogP contribution is -2.57. The Balaban J connectivity index is 2.17. The largest absolute Gasteiger partial charge is 0.469 e. The van der Waals surface area contributed by atoms with E-state index >= 15 is 0 Å². The van der Waals surface area contributed by atoms with Crippen molar-refractivity contribution in [2.75, 3.05) is 20.2 Å². The molecule has 6 nitrogen and oxygen atoms in total. The van der Waals surface area contributed by atoms with Crippen LogP contribution in [0.1, 0.15) is 39.5 Å². The maximum atomic E-state index is 12.8. The minimum absolute atomic E-state index is 0.0170. The molecule has 6 heteroatoms. The molecule has 0 aliphatic carbocycles. The first-order valence-electron chi connectivity index (χ1n) is 9.64. The molecule has 2 aliphatic rings. The second kappa shape index (κ2) is 9.88. The van der Waals surface area contributed by atoms with Crippen LogP contribution in [0.5, 0.6) is 0 Å². The number of hydrogen-bond donors (Lipinski definition) is 1.